The molecule has 0 unspecified atom stereocenters. The first-order chi connectivity index (χ1) is 14.9. The molecule has 0 amide bonds. The Balaban J connectivity index is 1.75. The van der Waals surface area contributed by atoms with Crippen molar-refractivity contribution in [3.63, 3.8) is 0 Å². The van der Waals surface area contributed by atoms with Gasteiger partial charge in [-0.3, -0.25) is 4.98 Å². The van der Waals surface area contributed by atoms with Gasteiger partial charge in [0.25, 0.3) is 0 Å². The van der Waals surface area contributed by atoms with Crippen LogP contribution in [0.5, 0.6) is 11.5 Å². The van der Waals surface area contributed by atoms with E-state index in [0.29, 0.717) is 46.9 Å². The number of ether oxygens (including phenoxy) is 2. The molecule has 5 rings (SSSR count). The standard InChI is InChI=1S/C23H23ClN2O4S/c1-15-3-2-8-26(14-15)23-18-11-20-21(30-10-9-29-20)12-19(18)25-13-22(23)31(27,28)17-6-4-16(24)5-7-17/h4-7,11-13,15H,2-3,8-10,14H2,1H3/t15-/m0/s1. The Bertz CT molecular complexity index is 1240. The zero-order valence-electron chi connectivity index (χ0n) is 17.2. The summed E-state index contributed by atoms with van der Waals surface area (Å²) in [4.78, 5) is 7.08. The number of rotatable bonds is 3. The summed E-state index contributed by atoms with van der Waals surface area (Å²) in [6.45, 7) is 4.72. The van der Waals surface area contributed by atoms with Crippen molar-refractivity contribution in [3.8, 4) is 11.5 Å². The van der Waals surface area contributed by atoms with Gasteiger partial charge in [0, 0.05) is 35.8 Å². The molecule has 3 aromatic rings. The van der Waals surface area contributed by atoms with Gasteiger partial charge in [-0.1, -0.05) is 18.5 Å². The van der Waals surface area contributed by atoms with Crippen LogP contribution in [0.15, 0.2) is 52.4 Å². The third-order valence-electron chi connectivity index (χ3n) is 5.86. The molecule has 6 nitrogen and oxygen atoms in total. The minimum atomic E-state index is -3.80. The van der Waals surface area contributed by atoms with Crippen molar-refractivity contribution in [2.75, 3.05) is 31.2 Å². The Morgan fingerprint density at radius 1 is 1.10 bits per heavy atom. The molecule has 0 spiro atoms. The van der Waals surface area contributed by atoms with E-state index in [1.165, 1.54) is 18.3 Å². The fourth-order valence-electron chi connectivity index (χ4n) is 4.35. The van der Waals surface area contributed by atoms with Crippen LogP contribution in [0.4, 0.5) is 5.69 Å². The van der Waals surface area contributed by atoms with Gasteiger partial charge in [-0.25, -0.2) is 8.42 Å². The van der Waals surface area contributed by atoms with E-state index in [0.717, 1.165) is 31.3 Å². The maximum atomic E-state index is 13.7. The molecule has 2 aliphatic rings. The smallest absolute Gasteiger partial charge is 0.210 e. The van der Waals surface area contributed by atoms with E-state index in [4.69, 9.17) is 21.1 Å². The van der Waals surface area contributed by atoms with E-state index in [1.807, 2.05) is 12.1 Å². The molecule has 3 heterocycles. The highest BCUT2D eigenvalue weighted by atomic mass is 35.5. The lowest BCUT2D eigenvalue weighted by Gasteiger charge is -2.35. The molecule has 8 heteroatoms. The van der Waals surface area contributed by atoms with Crippen LogP contribution in [0.1, 0.15) is 19.8 Å². The number of nitrogens with zero attached hydrogens (tertiary/aromatic N) is 2. The lowest BCUT2D eigenvalue weighted by Crippen LogP contribution is -2.35. The summed E-state index contributed by atoms with van der Waals surface area (Å²) in [6, 6.07) is 9.95. The summed E-state index contributed by atoms with van der Waals surface area (Å²) in [5, 5.41) is 1.25. The van der Waals surface area contributed by atoms with Crippen molar-refractivity contribution in [3.05, 3.63) is 47.6 Å². The predicted molar refractivity (Wildman–Crippen MR) is 120 cm³/mol. The van der Waals surface area contributed by atoms with E-state index in [1.54, 1.807) is 12.1 Å². The zero-order chi connectivity index (χ0) is 21.6. The molecule has 0 aliphatic carbocycles. The van der Waals surface area contributed by atoms with Gasteiger partial charge in [0.1, 0.15) is 18.1 Å². The average molecular weight is 459 g/mol. The summed E-state index contributed by atoms with van der Waals surface area (Å²) in [5.41, 5.74) is 1.37. The fourth-order valence-corrected chi connectivity index (χ4v) is 5.91. The number of pyridine rings is 1. The topological polar surface area (TPSA) is 68.7 Å². The van der Waals surface area contributed by atoms with Gasteiger partial charge in [-0.15, -0.1) is 0 Å². The van der Waals surface area contributed by atoms with Crippen LogP contribution < -0.4 is 14.4 Å². The summed E-state index contributed by atoms with van der Waals surface area (Å²) >= 11 is 5.98. The third-order valence-corrected chi connectivity index (χ3v) is 7.88. The molecule has 0 radical (unpaired) electrons. The number of hydrogen-bond acceptors (Lipinski definition) is 6. The molecular weight excluding hydrogens is 436 g/mol. The molecule has 2 aromatic carbocycles. The summed E-state index contributed by atoms with van der Waals surface area (Å²) < 4.78 is 38.8. The second-order valence-electron chi connectivity index (χ2n) is 8.13. The molecule has 1 atom stereocenters. The Morgan fingerprint density at radius 3 is 2.52 bits per heavy atom. The largest absolute Gasteiger partial charge is 0.486 e. The van der Waals surface area contributed by atoms with Crippen molar-refractivity contribution >= 4 is 38.0 Å². The highest BCUT2D eigenvalue weighted by Gasteiger charge is 2.30. The summed E-state index contributed by atoms with van der Waals surface area (Å²) in [7, 11) is -3.80. The molecule has 0 bridgehead atoms. The van der Waals surface area contributed by atoms with Gasteiger partial charge < -0.3 is 14.4 Å². The molecule has 0 N–H and O–H groups in total. The van der Waals surface area contributed by atoms with Crippen LogP contribution in [-0.2, 0) is 9.84 Å². The van der Waals surface area contributed by atoms with Gasteiger partial charge in [-0.05, 0) is 49.1 Å². The van der Waals surface area contributed by atoms with E-state index >= 15 is 0 Å². The first kappa shape index (κ1) is 20.4. The number of halogens is 1. The Kier molecular flexibility index (Phi) is 5.18. The normalized spacial score (nSPS) is 18.9. The quantitative estimate of drug-likeness (QED) is 0.565. The number of sulfone groups is 1. The predicted octanol–water partition coefficient (Wildman–Crippen LogP) is 4.73. The third kappa shape index (κ3) is 3.70. The van der Waals surface area contributed by atoms with Crippen LogP contribution in [-0.4, -0.2) is 39.7 Å². The molecule has 1 saturated heterocycles. The summed E-state index contributed by atoms with van der Waals surface area (Å²) in [6.07, 6.45) is 3.61. The molecule has 1 fully saturated rings. The van der Waals surface area contributed by atoms with E-state index in [2.05, 4.69) is 16.8 Å². The van der Waals surface area contributed by atoms with Crippen LogP contribution in [0, 0.1) is 5.92 Å². The van der Waals surface area contributed by atoms with Crippen LogP contribution in [0.25, 0.3) is 10.9 Å². The Labute approximate surface area is 186 Å². The molecule has 31 heavy (non-hydrogen) atoms. The van der Waals surface area contributed by atoms with Crippen molar-refractivity contribution in [1.82, 2.24) is 4.98 Å². The Morgan fingerprint density at radius 2 is 1.81 bits per heavy atom. The zero-order valence-corrected chi connectivity index (χ0v) is 18.7. The fraction of sp³-hybridized carbons (Fsp3) is 0.348. The molecule has 2 aliphatic heterocycles. The minimum Gasteiger partial charge on any atom is -0.486 e. The maximum absolute atomic E-state index is 13.7. The number of benzene rings is 2. The number of anilines is 1. The highest BCUT2D eigenvalue weighted by molar-refractivity contribution is 7.91. The van der Waals surface area contributed by atoms with Crippen molar-refractivity contribution in [1.29, 1.82) is 0 Å². The van der Waals surface area contributed by atoms with E-state index < -0.39 is 9.84 Å². The molecule has 1 aromatic heterocycles. The molecule has 0 saturated carbocycles. The van der Waals surface area contributed by atoms with Crippen LogP contribution in [0.2, 0.25) is 5.02 Å². The van der Waals surface area contributed by atoms with Gasteiger partial charge in [-0.2, -0.15) is 0 Å². The maximum Gasteiger partial charge on any atom is 0.210 e. The van der Waals surface area contributed by atoms with Crippen molar-refractivity contribution in [2.24, 2.45) is 5.92 Å². The van der Waals surface area contributed by atoms with Gasteiger partial charge in [0.15, 0.2) is 11.5 Å². The van der Waals surface area contributed by atoms with Crippen molar-refractivity contribution in [2.45, 2.75) is 29.6 Å². The lowest BCUT2D eigenvalue weighted by molar-refractivity contribution is 0.172. The minimum absolute atomic E-state index is 0.196. The summed E-state index contributed by atoms with van der Waals surface area (Å²) in [5.74, 6) is 1.73. The average Bonchev–Trinajstić information content (AvgIpc) is 2.77. The number of aromatic nitrogens is 1. The van der Waals surface area contributed by atoms with Gasteiger partial charge >= 0.3 is 0 Å². The Hall–Kier alpha value is -2.51. The lowest BCUT2D eigenvalue weighted by atomic mass is 9.99. The monoisotopic (exact) mass is 458 g/mol. The first-order valence-corrected chi connectivity index (χ1v) is 12.3. The molecule has 162 valence electrons. The second-order valence-corrected chi connectivity index (χ2v) is 10.5. The highest BCUT2D eigenvalue weighted by Crippen LogP contribution is 2.42. The van der Waals surface area contributed by atoms with Gasteiger partial charge in [0.2, 0.25) is 9.84 Å². The van der Waals surface area contributed by atoms with Crippen molar-refractivity contribution < 1.29 is 17.9 Å². The SMILES string of the molecule is C[C@H]1CCCN(c2c(S(=O)(=O)c3ccc(Cl)cc3)cnc3cc4c(cc23)OCCO4)C1. The van der Waals surface area contributed by atoms with Crippen LogP contribution in [0.3, 0.4) is 0 Å². The number of fused-ring (bicyclic) bond motifs is 2. The number of piperidine rings is 1. The van der Waals surface area contributed by atoms with E-state index in [9.17, 15) is 8.42 Å². The molecular formula is C23H23ClN2O4S. The first-order valence-electron chi connectivity index (χ1n) is 10.4. The van der Waals surface area contributed by atoms with E-state index in [-0.39, 0.29) is 9.79 Å². The van der Waals surface area contributed by atoms with Crippen LogP contribution >= 0.6 is 11.6 Å². The second kappa shape index (κ2) is 7.88. The number of hydrogen-bond donors (Lipinski definition) is 0. The van der Waals surface area contributed by atoms with Gasteiger partial charge in [0.05, 0.1) is 16.1 Å².